The average molecular weight is 488 g/mol. The molecule has 9 nitrogen and oxygen atoms in total. The number of nitrogens with one attached hydrogen (secondary N) is 1. The van der Waals surface area contributed by atoms with E-state index in [2.05, 4.69) is 10.2 Å². The molecule has 9 heteroatoms. The Morgan fingerprint density at radius 2 is 2.03 bits per heavy atom. The van der Waals surface area contributed by atoms with Gasteiger partial charge in [0.25, 0.3) is 5.69 Å². The minimum atomic E-state index is -1.28. The number of aromatic hydroxyl groups is 1. The number of nitro benzene ring substituents is 1. The van der Waals surface area contributed by atoms with Gasteiger partial charge in [-0.3, -0.25) is 19.7 Å². The molecular weight excluding hydrogens is 462 g/mol. The summed E-state index contributed by atoms with van der Waals surface area (Å²) in [5.74, 6) is -0.232. The molecule has 4 aliphatic rings. The first kappa shape index (κ1) is 22.5. The third kappa shape index (κ3) is 2.63. The fourth-order valence-corrected chi connectivity index (χ4v) is 6.95. The summed E-state index contributed by atoms with van der Waals surface area (Å²) in [5, 5.41) is 24.8. The summed E-state index contributed by atoms with van der Waals surface area (Å²) in [5.41, 5.74) is -0.680. The third-order valence-corrected chi connectivity index (χ3v) is 8.62. The van der Waals surface area contributed by atoms with Crippen molar-refractivity contribution in [3.63, 3.8) is 0 Å². The Labute approximate surface area is 207 Å². The summed E-state index contributed by atoms with van der Waals surface area (Å²) in [7, 11) is 2.02. The third-order valence-electron chi connectivity index (χ3n) is 8.62. The summed E-state index contributed by atoms with van der Waals surface area (Å²) in [6.07, 6.45) is 7.49. The zero-order chi connectivity index (χ0) is 25.5. The summed E-state index contributed by atoms with van der Waals surface area (Å²) in [4.78, 5) is 39.4. The molecule has 1 spiro atoms. The molecule has 2 heterocycles. The maximum atomic E-state index is 13.4. The summed E-state index contributed by atoms with van der Waals surface area (Å²) >= 11 is 0. The number of phenolic OH excluding ortho intramolecular Hbond substituents is 1. The quantitative estimate of drug-likeness (QED) is 0.386. The van der Waals surface area contributed by atoms with Crippen molar-refractivity contribution in [1.82, 2.24) is 10.2 Å². The van der Waals surface area contributed by atoms with Crippen molar-refractivity contribution >= 4 is 23.5 Å². The normalized spacial score (nSPS) is 31.7. The first-order valence-electron chi connectivity index (χ1n) is 11.9. The van der Waals surface area contributed by atoms with Crippen LogP contribution in [0, 0.1) is 10.1 Å². The number of phenols is 1. The highest BCUT2D eigenvalue weighted by Crippen LogP contribution is 2.67. The molecule has 2 bridgehead atoms. The van der Waals surface area contributed by atoms with Crippen LogP contribution in [0.15, 0.2) is 54.6 Å². The van der Waals surface area contributed by atoms with Gasteiger partial charge in [-0.25, -0.2) is 0 Å². The van der Waals surface area contributed by atoms with Crippen LogP contribution in [-0.2, 0) is 21.4 Å². The fourth-order valence-electron chi connectivity index (χ4n) is 6.95. The number of likely N-dealkylation sites (N-methyl/N-ethyl adjacent to an activating group) is 1. The lowest BCUT2D eigenvalue weighted by Gasteiger charge is -2.65. The SMILES string of the molecule is CN1CCC23c4c5ccc(O)c4O[C@@]2(C)C(=O)C=C[C@@]3(NC(=O)/C=C/c2ccc([N+](=O)[O-])cc2)C1C5. The van der Waals surface area contributed by atoms with Crippen molar-refractivity contribution in [1.29, 1.82) is 0 Å². The van der Waals surface area contributed by atoms with Crippen molar-refractivity contribution in [3.05, 3.63) is 81.4 Å². The first-order chi connectivity index (χ1) is 17.1. The molecule has 184 valence electrons. The second-order valence-corrected chi connectivity index (χ2v) is 10.2. The Balaban J connectivity index is 1.45. The van der Waals surface area contributed by atoms with Gasteiger partial charge in [0.05, 0.1) is 15.9 Å². The highest BCUT2D eigenvalue weighted by atomic mass is 16.6. The van der Waals surface area contributed by atoms with Crippen molar-refractivity contribution in [3.8, 4) is 11.5 Å². The van der Waals surface area contributed by atoms with Gasteiger partial charge < -0.3 is 20.1 Å². The molecule has 2 unspecified atom stereocenters. The van der Waals surface area contributed by atoms with E-state index in [4.69, 9.17) is 4.74 Å². The van der Waals surface area contributed by atoms with Crippen LogP contribution in [0.3, 0.4) is 0 Å². The number of nitrogens with zero attached hydrogens (tertiary/aromatic N) is 2. The smallest absolute Gasteiger partial charge is 0.269 e. The minimum Gasteiger partial charge on any atom is -0.504 e. The van der Waals surface area contributed by atoms with Crippen molar-refractivity contribution in [2.45, 2.75) is 42.4 Å². The molecule has 2 N–H and O–H groups in total. The van der Waals surface area contributed by atoms with E-state index in [0.29, 0.717) is 30.7 Å². The largest absolute Gasteiger partial charge is 0.504 e. The van der Waals surface area contributed by atoms with Crippen molar-refractivity contribution in [2.24, 2.45) is 0 Å². The maximum absolute atomic E-state index is 13.4. The van der Waals surface area contributed by atoms with Crippen LogP contribution >= 0.6 is 0 Å². The van der Waals surface area contributed by atoms with Gasteiger partial charge in [-0.2, -0.15) is 0 Å². The number of carbonyl (C=O) groups excluding carboxylic acids is 2. The number of hydrogen-bond donors (Lipinski definition) is 2. The summed E-state index contributed by atoms with van der Waals surface area (Å²) in [6, 6.07) is 9.29. The van der Waals surface area contributed by atoms with Crippen LogP contribution in [0.25, 0.3) is 6.08 Å². The molecule has 1 fully saturated rings. The maximum Gasteiger partial charge on any atom is 0.269 e. The van der Waals surface area contributed by atoms with Crippen molar-refractivity contribution < 1.29 is 24.4 Å². The molecule has 2 aliphatic heterocycles. The molecule has 0 aromatic heterocycles. The van der Waals surface area contributed by atoms with E-state index in [1.54, 1.807) is 31.2 Å². The number of rotatable bonds is 4. The van der Waals surface area contributed by atoms with Crippen LogP contribution < -0.4 is 10.1 Å². The van der Waals surface area contributed by atoms with Gasteiger partial charge in [-0.1, -0.05) is 12.1 Å². The number of carbonyl (C=O) groups is 2. The molecule has 4 atom stereocenters. The number of hydrogen-bond acceptors (Lipinski definition) is 7. The Hall–Kier alpha value is -3.98. The standard InChI is InChI=1S/C27H25N3O6/c1-25-21(32)11-12-27(28-22(33)10-5-16-3-7-18(8-4-16)30(34)35)20-15-17-6-9-19(31)24(36-25)23(17)26(25,27)13-14-29(20)2/h3-12,20,31H,13-15H2,1-2H3,(H,28,33)/b10-5+/t20?,25-,26?,27+/m0/s1. The Morgan fingerprint density at radius 3 is 2.75 bits per heavy atom. The van der Waals surface area contributed by atoms with E-state index in [-0.39, 0.29) is 29.2 Å². The number of non-ortho nitro benzene ring substituents is 1. The molecule has 0 radical (unpaired) electrons. The van der Waals surface area contributed by atoms with Gasteiger partial charge in [0.2, 0.25) is 5.91 Å². The zero-order valence-corrected chi connectivity index (χ0v) is 19.9. The monoisotopic (exact) mass is 487 g/mol. The summed E-state index contributed by atoms with van der Waals surface area (Å²) in [6.45, 7) is 2.47. The summed E-state index contributed by atoms with van der Waals surface area (Å²) < 4.78 is 6.32. The highest BCUT2D eigenvalue weighted by Gasteiger charge is 2.77. The number of nitro groups is 1. The second-order valence-electron chi connectivity index (χ2n) is 10.2. The number of ether oxygens (including phenoxy) is 1. The van der Waals surface area contributed by atoms with E-state index in [1.165, 1.54) is 24.3 Å². The van der Waals surface area contributed by atoms with Gasteiger partial charge in [0.1, 0.15) is 0 Å². The van der Waals surface area contributed by atoms with Crippen LogP contribution in [-0.4, -0.2) is 57.4 Å². The first-order valence-corrected chi connectivity index (χ1v) is 11.9. The molecule has 2 aromatic rings. The lowest BCUT2D eigenvalue weighted by atomic mass is 9.45. The Morgan fingerprint density at radius 1 is 1.28 bits per heavy atom. The van der Waals surface area contributed by atoms with Gasteiger partial charge in [0.15, 0.2) is 22.9 Å². The van der Waals surface area contributed by atoms with Gasteiger partial charge in [-0.05, 0) is 74.8 Å². The predicted molar refractivity (Wildman–Crippen MR) is 131 cm³/mol. The van der Waals surface area contributed by atoms with E-state index in [0.717, 1.165) is 11.1 Å². The van der Waals surface area contributed by atoms with Crippen LogP contribution in [0.4, 0.5) is 5.69 Å². The van der Waals surface area contributed by atoms with E-state index < -0.39 is 21.5 Å². The average Bonchev–Trinajstić information content (AvgIpc) is 3.14. The van der Waals surface area contributed by atoms with Crippen LogP contribution in [0.2, 0.25) is 0 Å². The van der Waals surface area contributed by atoms with Crippen molar-refractivity contribution in [2.75, 3.05) is 13.6 Å². The van der Waals surface area contributed by atoms with E-state index >= 15 is 0 Å². The molecular formula is C27H25N3O6. The predicted octanol–water partition coefficient (Wildman–Crippen LogP) is 2.66. The second kappa shape index (κ2) is 7.27. The highest BCUT2D eigenvalue weighted by molar-refractivity contribution is 6.03. The molecule has 2 aliphatic carbocycles. The number of amides is 1. The van der Waals surface area contributed by atoms with E-state index in [9.17, 15) is 24.8 Å². The zero-order valence-electron chi connectivity index (χ0n) is 19.9. The number of ketones is 1. The van der Waals surface area contributed by atoms with Gasteiger partial charge >= 0.3 is 0 Å². The molecule has 1 saturated heterocycles. The molecule has 0 saturated carbocycles. The molecule has 6 rings (SSSR count). The Kier molecular flexibility index (Phi) is 4.54. The van der Waals surface area contributed by atoms with Crippen LogP contribution in [0.5, 0.6) is 11.5 Å². The topological polar surface area (TPSA) is 122 Å². The van der Waals surface area contributed by atoms with Gasteiger partial charge in [0, 0.05) is 29.8 Å². The minimum absolute atomic E-state index is 0.0118. The number of piperidine rings is 1. The van der Waals surface area contributed by atoms with E-state index in [1.807, 2.05) is 19.2 Å². The molecule has 2 aromatic carbocycles. The van der Waals surface area contributed by atoms with Crippen LogP contribution in [0.1, 0.15) is 30.0 Å². The Bertz CT molecular complexity index is 1400. The number of likely N-dealkylation sites (tertiary alicyclic amines) is 1. The number of benzene rings is 2. The van der Waals surface area contributed by atoms with Gasteiger partial charge in [-0.15, -0.1) is 0 Å². The lowest BCUT2D eigenvalue weighted by Crippen LogP contribution is -2.82. The molecule has 36 heavy (non-hydrogen) atoms. The molecule has 1 amide bonds. The lowest BCUT2D eigenvalue weighted by molar-refractivity contribution is -0.384. The fraction of sp³-hybridized carbons (Fsp3) is 0.333.